The average molecular weight is 254 g/mol. The molecule has 2 rings (SSSR count). The molecule has 100 valence electrons. The molecule has 0 aliphatic heterocycles. The van der Waals surface area contributed by atoms with Crippen molar-refractivity contribution in [3.8, 4) is 0 Å². The Morgan fingerprint density at radius 3 is 2.32 bits per heavy atom. The van der Waals surface area contributed by atoms with Crippen molar-refractivity contribution in [2.45, 2.75) is 20.3 Å². The minimum atomic E-state index is 0.683. The molecule has 0 aliphatic carbocycles. The SMILES string of the molecule is CCN(c1ccc(C)cc1)c1ccccc1CCN. The second-order valence-corrected chi connectivity index (χ2v) is 4.75. The van der Waals surface area contributed by atoms with Gasteiger partial charge in [0, 0.05) is 17.9 Å². The highest BCUT2D eigenvalue weighted by Crippen LogP contribution is 2.28. The molecule has 0 bridgehead atoms. The summed E-state index contributed by atoms with van der Waals surface area (Å²) in [6.45, 7) is 5.93. The minimum Gasteiger partial charge on any atom is -0.342 e. The van der Waals surface area contributed by atoms with E-state index in [-0.39, 0.29) is 0 Å². The van der Waals surface area contributed by atoms with Crippen LogP contribution in [0.2, 0.25) is 0 Å². The summed E-state index contributed by atoms with van der Waals surface area (Å²) < 4.78 is 0. The van der Waals surface area contributed by atoms with Crippen LogP contribution < -0.4 is 10.6 Å². The van der Waals surface area contributed by atoms with E-state index in [1.165, 1.54) is 22.5 Å². The zero-order valence-corrected chi connectivity index (χ0v) is 11.8. The van der Waals surface area contributed by atoms with Gasteiger partial charge in [-0.2, -0.15) is 0 Å². The number of anilines is 2. The van der Waals surface area contributed by atoms with Crippen molar-refractivity contribution in [1.82, 2.24) is 0 Å². The standard InChI is InChI=1S/C17H22N2/c1-3-19(16-10-8-14(2)9-11-16)17-7-5-4-6-15(17)12-13-18/h4-11H,3,12-13,18H2,1-2H3. The maximum absolute atomic E-state index is 5.71. The first kappa shape index (κ1) is 13.6. The van der Waals surface area contributed by atoms with Crippen LogP contribution >= 0.6 is 0 Å². The quantitative estimate of drug-likeness (QED) is 0.882. The summed E-state index contributed by atoms with van der Waals surface area (Å²) in [7, 11) is 0. The second kappa shape index (κ2) is 6.39. The van der Waals surface area contributed by atoms with E-state index < -0.39 is 0 Å². The Labute approximate surface area is 115 Å². The van der Waals surface area contributed by atoms with Crippen LogP contribution in [0.15, 0.2) is 48.5 Å². The maximum Gasteiger partial charge on any atom is 0.0443 e. The molecule has 19 heavy (non-hydrogen) atoms. The first-order chi connectivity index (χ1) is 9.26. The predicted molar refractivity (Wildman–Crippen MR) is 83.1 cm³/mol. The summed E-state index contributed by atoms with van der Waals surface area (Å²) >= 11 is 0. The first-order valence-electron chi connectivity index (χ1n) is 6.88. The molecule has 0 saturated heterocycles. The number of nitrogens with two attached hydrogens (primary N) is 1. The van der Waals surface area contributed by atoms with Crippen LogP contribution in [0.1, 0.15) is 18.1 Å². The smallest absolute Gasteiger partial charge is 0.0443 e. The van der Waals surface area contributed by atoms with Gasteiger partial charge < -0.3 is 10.6 Å². The topological polar surface area (TPSA) is 29.3 Å². The van der Waals surface area contributed by atoms with E-state index >= 15 is 0 Å². The van der Waals surface area contributed by atoms with Crippen molar-refractivity contribution in [2.24, 2.45) is 5.73 Å². The normalized spacial score (nSPS) is 10.5. The summed E-state index contributed by atoms with van der Waals surface area (Å²) in [5, 5.41) is 0. The Morgan fingerprint density at radius 1 is 1.00 bits per heavy atom. The van der Waals surface area contributed by atoms with Crippen molar-refractivity contribution in [3.63, 3.8) is 0 Å². The van der Waals surface area contributed by atoms with Gasteiger partial charge >= 0.3 is 0 Å². The lowest BCUT2D eigenvalue weighted by Crippen LogP contribution is -2.18. The van der Waals surface area contributed by atoms with Crippen molar-refractivity contribution in [3.05, 3.63) is 59.7 Å². The molecule has 2 nitrogen and oxygen atoms in total. The summed E-state index contributed by atoms with van der Waals surface area (Å²) in [6.07, 6.45) is 0.915. The lowest BCUT2D eigenvalue weighted by atomic mass is 10.1. The fourth-order valence-corrected chi connectivity index (χ4v) is 2.36. The molecule has 0 fully saturated rings. The highest BCUT2D eigenvalue weighted by molar-refractivity contribution is 5.66. The van der Waals surface area contributed by atoms with Crippen LogP contribution in [0.25, 0.3) is 0 Å². The van der Waals surface area contributed by atoms with Gasteiger partial charge in [-0.25, -0.2) is 0 Å². The number of para-hydroxylation sites is 1. The third-order valence-corrected chi connectivity index (χ3v) is 3.36. The van der Waals surface area contributed by atoms with E-state index in [4.69, 9.17) is 5.73 Å². The fourth-order valence-electron chi connectivity index (χ4n) is 2.36. The summed E-state index contributed by atoms with van der Waals surface area (Å²) in [5.41, 5.74) is 10.8. The number of rotatable bonds is 5. The molecule has 0 spiro atoms. The van der Waals surface area contributed by atoms with Gasteiger partial charge in [-0.05, 0) is 50.6 Å². The summed E-state index contributed by atoms with van der Waals surface area (Å²) in [6, 6.07) is 17.2. The van der Waals surface area contributed by atoms with Gasteiger partial charge in [-0.15, -0.1) is 0 Å². The third-order valence-electron chi connectivity index (χ3n) is 3.36. The number of benzene rings is 2. The molecular formula is C17H22N2. The van der Waals surface area contributed by atoms with Crippen LogP contribution in [0.5, 0.6) is 0 Å². The molecule has 0 aliphatic rings. The Morgan fingerprint density at radius 2 is 1.68 bits per heavy atom. The summed E-state index contributed by atoms with van der Waals surface area (Å²) in [4.78, 5) is 2.34. The minimum absolute atomic E-state index is 0.683. The van der Waals surface area contributed by atoms with Crippen LogP contribution in [-0.2, 0) is 6.42 Å². The molecule has 2 N–H and O–H groups in total. The fraction of sp³-hybridized carbons (Fsp3) is 0.294. The molecule has 0 unspecified atom stereocenters. The van der Waals surface area contributed by atoms with Crippen LogP contribution in [0.4, 0.5) is 11.4 Å². The Balaban J connectivity index is 2.39. The maximum atomic E-state index is 5.71. The molecule has 0 aromatic heterocycles. The van der Waals surface area contributed by atoms with E-state index in [9.17, 15) is 0 Å². The van der Waals surface area contributed by atoms with Crippen LogP contribution in [0.3, 0.4) is 0 Å². The monoisotopic (exact) mass is 254 g/mol. The average Bonchev–Trinajstić information content (AvgIpc) is 2.44. The molecule has 0 saturated carbocycles. The molecule has 0 heterocycles. The summed E-state index contributed by atoms with van der Waals surface area (Å²) in [5.74, 6) is 0. The molecule has 2 aromatic carbocycles. The van der Waals surface area contributed by atoms with Gasteiger partial charge in [0.15, 0.2) is 0 Å². The number of hydrogen-bond acceptors (Lipinski definition) is 2. The van der Waals surface area contributed by atoms with Gasteiger partial charge in [0.2, 0.25) is 0 Å². The van der Waals surface area contributed by atoms with E-state index in [0.29, 0.717) is 6.54 Å². The zero-order valence-electron chi connectivity index (χ0n) is 11.8. The van der Waals surface area contributed by atoms with Gasteiger partial charge in [-0.1, -0.05) is 35.9 Å². The van der Waals surface area contributed by atoms with Crippen LogP contribution in [0, 0.1) is 6.92 Å². The number of aryl methyl sites for hydroxylation is 1. The first-order valence-corrected chi connectivity index (χ1v) is 6.88. The molecule has 2 aromatic rings. The van der Waals surface area contributed by atoms with E-state index in [1.54, 1.807) is 0 Å². The van der Waals surface area contributed by atoms with Crippen molar-refractivity contribution in [1.29, 1.82) is 0 Å². The molecule has 0 atom stereocenters. The van der Waals surface area contributed by atoms with E-state index in [2.05, 4.69) is 67.3 Å². The highest BCUT2D eigenvalue weighted by Gasteiger charge is 2.10. The number of hydrogen-bond donors (Lipinski definition) is 1. The third kappa shape index (κ3) is 3.15. The lowest BCUT2D eigenvalue weighted by Gasteiger charge is -2.26. The molecular weight excluding hydrogens is 232 g/mol. The lowest BCUT2D eigenvalue weighted by molar-refractivity contribution is 0.942. The van der Waals surface area contributed by atoms with E-state index in [0.717, 1.165) is 13.0 Å². The zero-order chi connectivity index (χ0) is 13.7. The van der Waals surface area contributed by atoms with Crippen molar-refractivity contribution in [2.75, 3.05) is 18.0 Å². The van der Waals surface area contributed by atoms with Gasteiger partial charge in [0.05, 0.1) is 0 Å². The van der Waals surface area contributed by atoms with Crippen molar-refractivity contribution < 1.29 is 0 Å². The second-order valence-electron chi connectivity index (χ2n) is 4.75. The number of nitrogens with zero attached hydrogens (tertiary/aromatic N) is 1. The largest absolute Gasteiger partial charge is 0.342 e. The van der Waals surface area contributed by atoms with Gasteiger partial charge in [0.1, 0.15) is 0 Å². The highest BCUT2D eigenvalue weighted by atomic mass is 15.1. The van der Waals surface area contributed by atoms with Gasteiger partial charge in [0.25, 0.3) is 0 Å². The molecule has 0 amide bonds. The van der Waals surface area contributed by atoms with Gasteiger partial charge in [-0.3, -0.25) is 0 Å². The van der Waals surface area contributed by atoms with Crippen LogP contribution in [-0.4, -0.2) is 13.1 Å². The Hall–Kier alpha value is -1.80. The molecule has 0 radical (unpaired) electrons. The molecule has 2 heteroatoms. The Kier molecular flexibility index (Phi) is 4.58. The van der Waals surface area contributed by atoms with E-state index in [1.807, 2.05) is 0 Å². The predicted octanol–water partition coefficient (Wildman–Crippen LogP) is 3.65. The van der Waals surface area contributed by atoms with Crippen molar-refractivity contribution >= 4 is 11.4 Å². The Bertz CT molecular complexity index is 517.